The molecule has 1 saturated heterocycles. The van der Waals surface area contributed by atoms with Gasteiger partial charge in [-0.2, -0.15) is 0 Å². The largest absolute Gasteiger partial charge is 0.440 e. The van der Waals surface area contributed by atoms with Crippen LogP contribution in [-0.2, 0) is 24.5 Å². The molecule has 3 aliphatic rings. The van der Waals surface area contributed by atoms with Crippen LogP contribution in [0.3, 0.4) is 0 Å². The van der Waals surface area contributed by atoms with Crippen LogP contribution in [0.25, 0.3) is 0 Å². The smallest absolute Gasteiger partial charge is 0.408 e. The first kappa shape index (κ1) is 36.9. The van der Waals surface area contributed by atoms with Gasteiger partial charge < -0.3 is 31.1 Å². The minimum absolute atomic E-state index is 0.00555. The predicted molar refractivity (Wildman–Crippen MR) is 188 cm³/mol. The number of hydrogen-bond acceptors (Lipinski definition) is 6. The molecule has 266 valence electrons. The van der Waals surface area contributed by atoms with Crippen molar-refractivity contribution in [3.63, 3.8) is 0 Å². The fourth-order valence-electron chi connectivity index (χ4n) is 7.02. The van der Waals surface area contributed by atoms with E-state index in [1.807, 2.05) is 38.1 Å². The van der Waals surface area contributed by atoms with Gasteiger partial charge in [0.25, 0.3) is 5.91 Å². The third-order valence-electron chi connectivity index (χ3n) is 10.1. The Labute approximate surface area is 298 Å². The Hall–Kier alpha value is -3.34. The summed E-state index contributed by atoms with van der Waals surface area (Å²) in [5.74, 6) is -1.59. The third kappa shape index (κ3) is 9.89. The van der Waals surface area contributed by atoms with Gasteiger partial charge in [-0.15, -0.1) is 0 Å². The maximum Gasteiger partial charge on any atom is 0.408 e. The molecular formula is C37H48Cl2N4O6. The number of nitrogens with one attached hydrogen (secondary N) is 4. The van der Waals surface area contributed by atoms with Crippen LogP contribution in [-0.4, -0.2) is 59.7 Å². The minimum atomic E-state index is -1.57. The van der Waals surface area contributed by atoms with Crippen molar-refractivity contribution in [1.29, 1.82) is 0 Å². The zero-order valence-corrected chi connectivity index (χ0v) is 29.7. The average Bonchev–Trinajstić information content (AvgIpc) is 3.81. The molecule has 4 unspecified atom stereocenters. The highest BCUT2D eigenvalue weighted by atomic mass is 35.5. The first-order valence-corrected chi connectivity index (χ1v) is 18.2. The zero-order chi connectivity index (χ0) is 35.1. The van der Waals surface area contributed by atoms with E-state index in [2.05, 4.69) is 21.3 Å². The van der Waals surface area contributed by atoms with Crippen LogP contribution in [0.1, 0.15) is 95.3 Å². The van der Waals surface area contributed by atoms with Crippen LogP contribution in [0.4, 0.5) is 4.79 Å². The first-order chi connectivity index (χ1) is 23.4. The molecule has 49 heavy (non-hydrogen) atoms. The van der Waals surface area contributed by atoms with Gasteiger partial charge in [-0.1, -0.05) is 99.5 Å². The second-order valence-electron chi connectivity index (χ2n) is 14.3. The second kappa shape index (κ2) is 16.6. The highest BCUT2D eigenvalue weighted by Crippen LogP contribution is 2.42. The summed E-state index contributed by atoms with van der Waals surface area (Å²) in [4.78, 5) is 53.4. The number of carbonyl (C=O) groups is 4. The summed E-state index contributed by atoms with van der Waals surface area (Å²) in [6.45, 7) is 4.36. The van der Waals surface area contributed by atoms with Crippen molar-refractivity contribution in [1.82, 2.24) is 21.3 Å². The van der Waals surface area contributed by atoms with Crippen molar-refractivity contribution in [3.05, 3.63) is 69.7 Å². The summed E-state index contributed by atoms with van der Waals surface area (Å²) in [7, 11) is 0. The van der Waals surface area contributed by atoms with E-state index >= 15 is 0 Å². The van der Waals surface area contributed by atoms with Crippen molar-refractivity contribution in [2.45, 2.75) is 114 Å². The van der Waals surface area contributed by atoms with Gasteiger partial charge in [-0.05, 0) is 61.8 Å². The Balaban J connectivity index is 1.38. The number of hydrogen-bond donors (Lipinski definition) is 5. The van der Waals surface area contributed by atoms with Gasteiger partial charge >= 0.3 is 6.09 Å². The molecule has 4 amide bonds. The number of halogens is 2. The molecule has 0 spiro atoms. The lowest BCUT2D eigenvalue weighted by Crippen LogP contribution is -2.57. The van der Waals surface area contributed by atoms with E-state index < -0.39 is 53.5 Å². The molecule has 5 N–H and O–H groups in total. The molecular weight excluding hydrogens is 667 g/mol. The number of amides is 4. The lowest BCUT2D eigenvalue weighted by molar-refractivity contribution is -0.134. The van der Waals surface area contributed by atoms with E-state index in [0.717, 1.165) is 50.5 Å². The number of rotatable bonds is 14. The number of alkyl carbamates (subject to hydrolysis) is 1. The number of ether oxygens (including phenoxy) is 1. The molecule has 1 heterocycles. The molecule has 2 aliphatic carbocycles. The van der Waals surface area contributed by atoms with Gasteiger partial charge in [0.05, 0.1) is 6.04 Å². The molecule has 5 rings (SSSR count). The maximum absolute atomic E-state index is 14.1. The van der Waals surface area contributed by atoms with Gasteiger partial charge in [0.1, 0.15) is 12.1 Å². The van der Waals surface area contributed by atoms with Crippen molar-refractivity contribution in [3.8, 4) is 0 Å². The van der Waals surface area contributed by atoms with E-state index in [1.54, 1.807) is 24.3 Å². The topological polar surface area (TPSA) is 146 Å². The highest BCUT2D eigenvalue weighted by Gasteiger charge is 2.40. The number of carbonyl (C=O) groups excluding carboxylic acids is 4. The van der Waals surface area contributed by atoms with Crippen molar-refractivity contribution in [2.75, 3.05) is 6.54 Å². The van der Waals surface area contributed by atoms with Crippen LogP contribution >= 0.6 is 23.2 Å². The van der Waals surface area contributed by atoms with Gasteiger partial charge in [0, 0.05) is 39.5 Å². The van der Waals surface area contributed by atoms with E-state index in [0.29, 0.717) is 35.0 Å². The number of benzene rings is 2. The summed E-state index contributed by atoms with van der Waals surface area (Å²) < 4.78 is 6.19. The molecule has 0 bridgehead atoms. The molecule has 10 nitrogen and oxygen atoms in total. The Morgan fingerprint density at radius 1 is 0.939 bits per heavy atom. The molecule has 3 fully saturated rings. The van der Waals surface area contributed by atoms with E-state index in [4.69, 9.17) is 27.9 Å². The normalized spacial score (nSPS) is 20.8. The summed E-state index contributed by atoms with van der Waals surface area (Å²) in [6.07, 6.45) is 4.42. The minimum Gasteiger partial charge on any atom is -0.440 e. The molecule has 12 heteroatoms. The highest BCUT2D eigenvalue weighted by molar-refractivity contribution is 6.31. The predicted octanol–water partition coefficient (Wildman–Crippen LogP) is 5.73. The van der Waals surface area contributed by atoms with E-state index in [9.17, 15) is 24.3 Å². The van der Waals surface area contributed by atoms with Crippen molar-refractivity contribution in [2.24, 2.45) is 11.8 Å². The summed E-state index contributed by atoms with van der Waals surface area (Å²) in [5, 5.41) is 23.3. The number of aliphatic hydroxyl groups is 1. The van der Waals surface area contributed by atoms with Gasteiger partial charge in [-0.25, -0.2) is 4.79 Å². The summed E-state index contributed by atoms with van der Waals surface area (Å²) in [5.41, 5.74) is 0.629. The molecule has 2 saturated carbocycles. The Morgan fingerprint density at radius 3 is 2.33 bits per heavy atom. The van der Waals surface area contributed by atoms with Crippen LogP contribution < -0.4 is 21.3 Å². The molecule has 0 radical (unpaired) electrons. The van der Waals surface area contributed by atoms with E-state index in [1.165, 1.54) is 0 Å². The first-order valence-electron chi connectivity index (χ1n) is 17.5. The lowest BCUT2D eigenvalue weighted by atomic mass is 9.76. The fourth-order valence-corrected chi connectivity index (χ4v) is 7.45. The van der Waals surface area contributed by atoms with Crippen LogP contribution in [0.2, 0.25) is 10.0 Å². The monoisotopic (exact) mass is 714 g/mol. The quantitative estimate of drug-likeness (QED) is 0.169. The fraction of sp³-hybridized carbons (Fsp3) is 0.568. The molecule has 5 atom stereocenters. The zero-order valence-electron chi connectivity index (χ0n) is 28.2. The van der Waals surface area contributed by atoms with Gasteiger partial charge in [0.15, 0.2) is 6.10 Å². The maximum atomic E-state index is 14.1. The molecule has 2 aromatic rings. The second-order valence-corrected chi connectivity index (χ2v) is 15.2. The van der Waals surface area contributed by atoms with Crippen LogP contribution in [0.5, 0.6) is 0 Å². The van der Waals surface area contributed by atoms with Crippen molar-refractivity contribution >= 4 is 47.0 Å². The Morgan fingerprint density at radius 2 is 1.67 bits per heavy atom. The number of aliphatic hydroxyl groups excluding tert-OH is 1. The van der Waals surface area contributed by atoms with Gasteiger partial charge in [0.2, 0.25) is 11.8 Å². The Bertz CT molecular complexity index is 1490. The summed E-state index contributed by atoms with van der Waals surface area (Å²) in [6, 6.07) is 12.4. The average molecular weight is 716 g/mol. The van der Waals surface area contributed by atoms with Crippen LogP contribution in [0, 0.1) is 11.8 Å². The van der Waals surface area contributed by atoms with E-state index in [-0.39, 0.29) is 24.3 Å². The standard InChI is InChI=1S/C37H48Cl2N4O6/c1-37(2,24-11-8-12-25(38)21-24)32(27-13-6-7-14-28(27)39)49-36(48)43-30(19-22-9-4-3-5-10-22)34(46)42-29(20-23-17-18-40-33(23)45)31(44)35(47)41-26-15-16-26/h6-8,11-14,21-23,26,29-32,44H,3-5,9-10,15-20H2,1-2H3,(H,40,45)(H,41,47)(H,42,46)(H,43,48)/t23-,29?,30?,31?,32?/m0/s1. The van der Waals surface area contributed by atoms with Crippen LogP contribution in [0.15, 0.2) is 48.5 Å². The summed E-state index contributed by atoms with van der Waals surface area (Å²) >= 11 is 13.0. The third-order valence-corrected chi connectivity index (χ3v) is 10.7. The molecule has 1 aliphatic heterocycles. The SMILES string of the molecule is CC(C)(c1cccc(Cl)c1)C(OC(=O)NC(CC1CCCCC1)C(=O)NC(C[C@@H]1CCNC1=O)C(O)C(=O)NC1CC1)c1ccccc1Cl. The Kier molecular flexibility index (Phi) is 12.5. The molecule has 2 aromatic carbocycles. The molecule has 0 aromatic heterocycles. The van der Waals surface area contributed by atoms with Crippen molar-refractivity contribution < 1.29 is 29.0 Å². The lowest BCUT2D eigenvalue weighted by Gasteiger charge is -2.36. The van der Waals surface area contributed by atoms with Gasteiger partial charge in [-0.3, -0.25) is 14.4 Å².